The standard InChI is InChI=1S/C9H8F2N2O4/c1-17-8(14)4-6-2-5(9(10)11)3-7(12-6)13(15)16/h2-3,9H,4H2,1H3. The van der Waals surface area contributed by atoms with E-state index in [0.29, 0.717) is 6.07 Å². The van der Waals surface area contributed by atoms with Crippen molar-refractivity contribution < 1.29 is 23.2 Å². The van der Waals surface area contributed by atoms with E-state index in [4.69, 9.17) is 0 Å². The first-order chi connectivity index (χ1) is 7.93. The van der Waals surface area contributed by atoms with Crippen LogP contribution in [0.4, 0.5) is 14.6 Å². The molecule has 1 heterocycles. The van der Waals surface area contributed by atoms with Gasteiger partial charge in [-0.25, -0.2) is 8.78 Å². The number of esters is 1. The molecule has 0 amide bonds. The van der Waals surface area contributed by atoms with Crippen molar-refractivity contribution in [1.29, 1.82) is 0 Å². The van der Waals surface area contributed by atoms with Crippen LogP contribution in [-0.2, 0) is 16.0 Å². The number of nitrogens with zero attached hydrogens (tertiary/aromatic N) is 2. The summed E-state index contributed by atoms with van der Waals surface area (Å²) in [5.74, 6) is -1.43. The van der Waals surface area contributed by atoms with Gasteiger partial charge in [0, 0.05) is 11.6 Å². The molecule has 0 aromatic carbocycles. The zero-order valence-corrected chi connectivity index (χ0v) is 8.72. The minimum atomic E-state index is -2.87. The Hall–Kier alpha value is -2.12. The fourth-order valence-electron chi connectivity index (χ4n) is 1.12. The molecule has 17 heavy (non-hydrogen) atoms. The van der Waals surface area contributed by atoms with E-state index in [0.717, 1.165) is 13.2 Å². The van der Waals surface area contributed by atoms with E-state index in [1.165, 1.54) is 0 Å². The quantitative estimate of drug-likeness (QED) is 0.458. The van der Waals surface area contributed by atoms with Crippen LogP contribution in [0, 0.1) is 10.1 Å². The molecule has 0 fully saturated rings. The molecule has 92 valence electrons. The van der Waals surface area contributed by atoms with Gasteiger partial charge >= 0.3 is 11.8 Å². The van der Waals surface area contributed by atoms with Gasteiger partial charge in [0.15, 0.2) is 5.69 Å². The Balaban J connectivity index is 3.12. The largest absolute Gasteiger partial charge is 0.469 e. The van der Waals surface area contributed by atoms with Gasteiger partial charge in [-0.05, 0) is 16.0 Å². The summed E-state index contributed by atoms with van der Waals surface area (Å²) < 4.78 is 29.2. The SMILES string of the molecule is COC(=O)Cc1cc(C(F)F)cc([N+](=O)[O-])n1. The third kappa shape index (κ3) is 3.44. The fourth-order valence-corrected chi connectivity index (χ4v) is 1.12. The van der Waals surface area contributed by atoms with Crippen LogP contribution in [0.5, 0.6) is 0 Å². The van der Waals surface area contributed by atoms with Crippen LogP contribution in [0.2, 0.25) is 0 Å². The van der Waals surface area contributed by atoms with Crippen molar-refractivity contribution in [3.05, 3.63) is 33.5 Å². The Kier molecular flexibility index (Phi) is 4.02. The van der Waals surface area contributed by atoms with Crippen molar-refractivity contribution in [1.82, 2.24) is 4.98 Å². The Morgan fingerprint density at radius 3 is 2.71 bits per heavy atom. The van der Waals surface area contributed by atoms with E-state index in [1.807, 2.05) is 0 Å². The molecule has 0 atom stereocenters. The third-order valence-electron chi connectivity index (χ3n) is 1.88. The van der Waals surface area contributed by atoms with E-state index >= 15 is 0 Å². The molecule has 0 aliphatic carbocycles. The van der Waals surface area contributed by atoms with Crippen LogP contribution < -0.4 is 0 Å². The molecule has 0 N–H and O–H groups in total. The Morgan fingerprint density at radius 1 is 1.59 bits per heavy atom. The van der Waals surface area contributed by atoms with Gasteiger partial charge in [-0.1, -0.05) is 0 Å². The molecule has 1 aromatic rings. The van der Waals surface area contributed by atoms with Crippen molar-refractivity contribution in [2.45, 2.75) is 12.8 Å². The van der Waals surface area contributed by atoms with Crippen molar-refractivity contribution in [3.8, 4) is 0 Å². The molecule has 0 saturated carbocycles. The van der Waals surface area contributed by atoms with E-state index in [2.05, 4.69) is 9.72 Å². The zero-order chi connectivity index (χ0) is 13.0. The summed E-state index contributed by atoms with van der Waals surface area (Å²) in [6, 6.07) is 1.61. The van der Waals surface area contributed by atoms with E-state index < -0.39 is 35.1 Å². The molecule has 0 bridgehead atoms. The summed E-state index contributed by atoms with van der Waals surface area (Å²) in [6.07, 6.45) is -3.26. The minimum Gasteiger partial charge on any atom is -0.469 e. The van der Waals surface area contributed by atoms with Gasteiger partial charge in [0.1, 0.15) is 6.42 Å². The molecule has 0 unspecified atom stereocenters. The van der Waals surface area contributed by atoms with Gasteiger partial charge in [0.25, 0.3) is 6.43 Å². The highest BCUT2D eigenvalue weighted by Gasteiger charge is 2.20. The highest BCUT2D eigenvalue weighted by atomic mass is 19.3. The first-order valence-electron chi connectivity index (χ1n) is 4.44. The summed E-state index contributed by atoms with van der Waals surface area (Å²) in [6.45, 7) is 0. The summed E-state index contributed by atoms with van der Waals surface area (Å²) in [5.41, 5.74) is -0.674. The van der Waals surface area contributed by atoms with Gasteiger partial charge in [0.05, 0.1) is 7.11 Å². The molecular formula is C9H8F2N2O4. The molecular weight excluding hydrogens is 238 g/mol. The van der Waals surface area contributed by atoms with Crippen molar-refractivity contribution in [2.75, 3.05) is 7.11 Å². The maximum Gasteiger partial charge on any atom is 0.364 e. The first kappa shape index (κ1) is 12.9. The van der Waals surface area contributed by atoms with Gasteiger partial charge in [-0.2, -0.15) is 0 Å². The maximum atomic E-state index is 12.4. The molecule has 6 nitrogen and oxygen atoms in total. The van der Waals surface area contributed by atoms with Crippen molar-refractivity contribution in [3.63, 3.8) is 0 Å². The Bertz CT molecular complexity index is 451. The Labute approximate surface area is 94.4 Å². The van der Waals surface area contributed by atoms with Gasteiger partial charge < -0.3 is 14.9 Å². The predicted octanol–water partition coefficient (Wildman–Crippen LogP) is 1.64. The topological polar surface area (TPSA) is 82.3 Å². The van der Waals surface area contributed by atoms with Gasteiger partial charge in [-0.15, -0.1) is 0 Å². The molecule has 8 heteroatoms. The van der Waals surface area contributed by atoms with Crippen LogP contribution in [-0.4, -0.2) is 23.0 Å². The monoisotopic (exact) mass is 246 g/mol. The number of hydrogen-bond acceptors (Lipinski definition) is 5. The number of aromatic nitrogens is 1. The summed E-state index contributed by atoms with van der Waals surface area (Å²) in [7, 11) is 1.12. The molecule has 0 aliphatic rings. The number of alkyl halides is 2. The second-order valence-electron chi connectivity index (χ2n) is 3.06. The second kappa shape index (κ2) is 5.28. The highest BCUT2D eigenvalue weighted by Crippen LogP contribution is 2.23. The number of methoxy groups -OCH3 is 1. The predicted molar refractivity (Wildman–Crippen MR) is 51.6 cm³/mol. The third-order valence-corrected chi connectivity index (χ3v) is 1.88. The smallest absolute Gasteiger partial charge is 0.364 e. The molecule has 0 saturated heterocycles. The number of pyridine rings is 1. The Morgan fingerprint density at radius 2 is 2.24 bits per heavy atom. The normalized spacial score (nSPS) is 10.4. The lowest BCUT2D eigenvalue weighted by Gasteiger charge is -2.01. The van der Waals surface area contributed by atoms with Crippen LogP contribution in [0.25, 0.3) is 0 Å². The number of ether oxygens (including phenoxy) is 1. The lowest BCUT2D eigenvalue weighted by atomic mass is 10.2. The summed E-state index contributed by atoms with van der Waals surface area (Å²) in [5, 5.41) is 10.5. The van der Waals surface area contributed by atoms with Crippen molar-refractivity contribution >= 4 is 11.8 Å². The molecule has 1 rings (SSSR count). The average molecular weight is 246 g/mol. The van der Waals surface area contributed by atoms with Crippen LogP contribution in [0.1, 0.15) is 17.7 Å². The molecule has 1 aromatic heterocycles. The average Bonchev–Trinajstić information content (AvgIpc) is 2.28. The fraction of sp³-hybridized carbons (Fsp3) is 0.333. The molecule has 0 spiro atoms. The van der Waals surface area contributed by atoms with E-state index in [-0.39, 0.29) is 5.69 Å². The number of carbonyl (C=O) groups excluding carboxylic acids is 1. The highest BCUT2D eigenvalue weighted by molar-refractivity contribution is 5.71. The number of nitro groups is 1. The van der Waals surface area contributed by atoms with Crippen LogP contribution in [0.3, 0.4) is 0 Å². The van der Waals surface area contributed by atoms with E-state index in [1.54, 1.807) is 0 Å². The molecule has 0 radical (unpaired) electrons. The zero-order valence-electron chi connectivity index (χ0n) is 8.72. The number of halogens is 2. The first-order valence-corrected chi connectivity index (χ1v) is 4.44. The second-order valence-corrected chi connectivity index (χ2v) is 3.06. The lowest BCUT2D eigenvalue weighted by Crippen LogP contribution is -2.08. The van der Waals surface area contributed by atoms with Gasteiger partial charge in [0.2, 0.25) is 0 Å². The maximum absolute atomic E-state index is 12.4. The number of carbonyl (C=O) groups is 1. The van der Waals surface area contributed by atoms with E-state index in [9.17, 15) is 23.7 Å². The number of hydrogen-bond donors (Lipinski definition) is 0. The molecule has 0 aliphatic heterocycles. The van der Waals surface area contributed by atoms with Crippen LogP contribution >= 0.6 is 0 Å². The summed E-state index contributed by atoms with van der Waals surface area (Å²) in [4.78, 5) is 24.0. The lowest BCUT2D eigenvalue weighted by molar-refractivity contribution is -0.389. The minimum absolute atomic E-state index is 0.124. The number of rotatable bonds is 4. The van der Waals surface area contributed by atoms with Crippen molar-refractivity contribution in [2.24, 2.45) is 0 Å². The summed E-state index contributed by atoms with van der Waals surface area (Å²) >= 11 is 0. The van der Waals surface area contributed by atoms with Gasteiger partial charge in [-0.3, -0.25) is 4.79 Å². The van der Waals surface area contributed by atoms with Crippen LogP contribution in [0.15, 0.2) is 12.1 Å².